The molecular weight excluding hydrogens is 374 g/mol. The first-order valence-corrected chi connectivity index (χ1v) is 11.1. The summed E-state index contributed by atoms with van der Waals surface area (Å²) in [7, 11) is 0. The molecule has 1 aliphatic rings. The van der Waals surface area contributed by atoms with Crippen molar-refractivity contribution in [3.05, 3.63) is 34.7 Å². The van der Waals surface area contributed by atoms with E-state index in [1.165, 1.54) is 16.7 Å². The molecule has 1 heterocycles. The number of hydrogen-bond donors (Lipinski definition) is 0. The number of thioether (sulfide) groups is 1. The minimum Gasteiger partial charge on any atom is -0.491 e. The zero-order valence-corrected chi connectivity index (χ0v) is 18.1. The van der Waals surface area contributed by atoms with Crippen LogP contribution in [0.2, 0.25) is 0 Å². The van der Waals surface area contributed by atoms with Crippen LogP contribution >= 0.6 is 11.8 Å². The van der Waals surface area contributed by atoms with Crippen LogP contribution in [0.25, 0.3) is 5.57 Å². The van der Waals surface area contributed by atoms with Gasteiger partial charge in [0.1, 0.15) is 5.75 Å². The third kappa shape index (κ3) is 5.85. The van der Waals surface area contributed by atoms with E-state index in [1.54, 1.807) is 0 Å². The Bertz CT molecular complexity index is 697. The van der Waals surface area contributed by atoms with Gasteiger partial charge in [-0.15, -0.1) is 11.8 Å². The van der Waals surface area contributed by atoms with Crippen molar-refractivity contribution in [3.8, 4) is 5.75 Å². The van der Waals surface area contributed by atoms with Crippen LogP contribution in [-0.2, 0) is 14.3 Å². The summed E-state index contributed by atoms with van der Waals surface area (Å²) in [4.78, 5) is 27.7. The highest BCUT2D eigenvalue weighted by molar-refractivity contribution is 8.04. The van der Waals surface area contributed by atoms with E-state index >= 15 is 0 Å². The molecule has 0 radical (unpaired) electrons. The number of rotatable bonds is 12. The van der Waals surface area contributed by atoms with Crippen LogP contribution < -0.4 is 4.74 Å². The number of unbranched alkanes of at least 4 members (excludes halogenated alkanes) is 1. The highest BCUT2D eigenvalue weighted by atomic mass is 32.2. The summed E-state index contributed by atoms with van der Waals surface area (Å²) < 4.78 is 11.2. The van der Waals surface area contributed by atoms with Gasteiger partial charge in [0.15, 0.2) is 0 Å². The molecule has 0 atom stereocenters. The van der Waals surface area contributed by atoms with Crippen molar-refractivity contribution in [2.45, 2.75) is 53.1 Å². The van der Waals surface area contributed by atoms with Gasteiger partial charge in [-0.05, 0) is 50.1 Å². The van der Waals surface area contributed by atoms with E-state index in [0.29, 0.717) is 30.1 Å². The third-order valence-electron chi connectivity index (χ3n) is 4.24. The average molecular weight is 406 g/mol. The van der Waals surface area contributed by atoms with Gasteiger partial charge < -0.3 is 9.47 Å². The van der Waals surface area contributed by atoms with Crippen LogP contribution in [0.5, 0.6) is 5.75 Å². The predicted molar refractivity (Wildman–Crippen MR) is 114 cm³/mol. The summed E-state index contributed by atoms with van der Waals surface area (Å²) in [6.07, 6.45) is 2.86. The molecule has 0 N–H and O–H groups in total. The number of benzene rings is 1. The monoisotopic (exact) mass is 405 g/mol. The van der Waals surface area contributed by atoms with Crippen LogP contribution in [0.15, 0.2) is 29.2 Å². The van der Waals surface area contributed by atoms with E-state index in [0.717, 1.165) is 36.5 Å². The smallest absolute Gasteiger partial charge is 0.267 e. The second-order valence-electron chi connectivity index (χ2n) is 6.91. The minimum atomic E-state index is -0.216. The van der Waals surface area contributed by atoms with Gasteiger partial charge in [0.05, 0.1) is 16.6 Å². The Morgan fingerprint density at radius 1 is 1.00 bits per heavy atom. The lowest BCUT2D eigenvalue weighted by Gasteiger charge is -2.15. The van der Waals surface area contributed by atoms with E-state index in [4.69, 9.17) is 9.47 Å². The summed E-state index contributed by atoms with van der Waals surface area (Å²) in [6, 6.07) is 7.40. The highest BCUT2D eigenvalue weighted by Gasteiger charge is 2.38. The first-order chi connectivity index (χ1) is 13.5. The van der Waals surface area contributed by atoms with Gasteiger partial charge in [-0.25, -0.2) is 0 Å². The molecule has 0 bridgehead atoms. The molecule has 154 valence electrons. The quantitative estimate of drug-likeness (QED) is 0.378. The summed E-state index contributed by atoms with van der Waals surface area (Å²) in [6.45, 7) is 9.71. The second kappa shape index (κ2) is 11.3. The average Bonchev–Trinajstić information content (AvgIpc) is 2.89. The molecule has 1 aliphatic heterocycles. The number of carbonyl (C=O) groups is 2. The lowest BCUT2D eigenvalue weighted by atomic mass is 10.1. The number of imide groups is 1. The van der Waals surface area contributed by atoms with E-state index in [1.807, 2.05) is 45.0 Å². The largest absolute Gasteiger partial charge is 0.491 e. The zero-order chi connectivity index (χ0) is 20.5. The Morgan fingerprint density at radius 2 is 1.68 bits per heavy atom. The van der Waals surface area contributed by atoms with Crippen LogP contribution in [0.4, 0.5) is 0 Å². The molecule has 0 saturated heterocycles. The van der Waals surface area contributed by atoms with E-state index in [-0.39, 0.29) is 17.9 Å². The van der Waals surface area contributed by atoms with Crippen molar-refractivity contribution >= 4 is 29.1 Å². The van der Waals surface area contributed by atoms with Crippen molar-refractivity contribution in [1.82, 2.24) is 4.90 Å². The molecule has 2 rings (SSSR count). The van der Waals surface area contributed by atoms with Crippen LogP contribution in [0.1, 0.15) is 52.5 Å². The van der Waals surface area contributed by atoms with E-state index < -0.39 is 0 Å². The van der Waals surface area contributed by atoms with Gasteiger partial charge >= 0.3 is 0 Å². The third-order valence-corrected chi connectivity index (χ3v) is 5.20. The molecule has 0 spiro atoms. The van der Waals surface area contributed by atoms with Gasteiger partial charge in [-0.3, -0.25) is 14.5 Å². The van der Waals surface area contributed by atoms with Gasteiger partial charge in [0.2, 0.25) is 0 Å². The molecule has 1 aromatic rings. The first kappa shape index (κ1) is 22.5. The molecule has 1 aromatic carbocycles. The maximum atomic E-state index is 13.0. The Labute approximate surface area is 172 Å². The maximum Gasteiger partial charge on any atom is 0.267 e. The maximum absolute atomic E-state index is 13.0. The molecular formula is C22H31NO4S. The molecule has 6 heteroatoms. The molecule has 2 amide bonds. The summed E-state index contributed by atoms with van der Waals surface area (Å²) in [5.74, 6) is 1.08. The number of amides is 2. The van der Waals surface area contributed by atoms with Crippen molar-refractivity contribution in [2.75, 3.05) is 25.5 Å². The second-order valence-corrected chi connectivity index (χ2v) is 8.18. The number of hydrogen-bond acceptors (Lipinski definition) is 5. The Hall–Kier alpha value is -1.79. The minimum absolute atomic E-state index is 0.0843. The molecule has 5 nitrogen and oxygen atoms in total. The van der Waals surface area contributed by atoms with Crippen LogP contribution in [0, 0.1) is 0 Å². The normalized spacial score (nSPS) is 14.5. The fraction of sp³-hybridized carbons (Fsp3) is 0.545. The molecule has 0 aromatic heterocycles. The Balaban J connectivity index is 2.10. The van der Waals surface area contributed by atoms with Crippen molar-refractivity contribution in [1.29, 1.82) is 0 Å². The summed E-state index contributed by atoms with van der Waals surface area (Å²) in [5, 5.41) is 0. The topological polar surface area (TPSA) is 55.8 Å². The Morgan fingerprint density at radius 3 is 2.29 bits per heavy atom. The van der Waals surface area contributed by atoms with Gasteiger partial charge in [0.25, 0.3) is 11.8 Å². The highest BCUT2D eigenvalue weighted by Crippen LogP contribution is 2.36. The van der Waals surface area contributed by atoms with E-state index in [9.17, 15) is 9.59 Å². The standard InChI is InChI=1S/C22H31NO4S/c1-5-7-14-26-15-8-13-23-21(24)19(20(22(23)25)28-6-2)17-9-11-18(12-10-17)27-16(3)4/h9-12,16H,5-8,13-15H2,1-4H3. The summed E-state index contributed by atoms with van der Waals surface area (Å²) >= 11 is 1.43. The van der Waals surface area contributed by atoms with Crippen molar-refractivity contribution < 1.29 is 19.1 Å². The van der Waals surface area contributed by atoms with E-state index in [2.05, 4.69) is 6.92 Å². The molecule has 0 saturated carbocycles. The first-order valence-electron chi connectivity index (χ1n) is 10.1. The number of carbonyl (C=O) groups excluding carboxylic acids is 2. The van der Waals surface area contributed by atoms with Gasteiger partial charge in [-0.1, -0.05) is 32.4 Å². The van der Waals surface area contributed by atoms with Crippen LogP contribution in [-0.4, -0.2) is 48.3 Å². The van der Waals surface area contributed by atoms with Gasteiger partial charge in [-0.2, -0.15) is 0 Å². The fourth-order valence-corrected chi connectivity index (χ4v) is 3.81. The molecule has 0 fully saturated rings. The lowest BCUT2D eigenvalue weighted by Crippen LogP contribution is -2.33. The fourth-order valence-electron chi connectivity index (χ4n) is 2.94. The van der Waals surface area contributed by atoms with Gasteiger partial charge in [0, 0.05) is 19.8 Å². The summed E-state index contributed by atoms with van der Waals surface area (Å²) in [5.41, 5.74) is 1.26. The SMILES string of the molecule is CCCCOCCCN1C(=O)C(SCC)=C(c2ccc(OC(C)C)cc2)C1=O. The predicted octanol–water partition coefficient (Wildman–Crippen LogP) is 4.51. The van der Waals surface area contributed by atoms with Crippen molar-refractivity contribution in [3.63, 3.8) is 0 Å². The van der Waals surface area contributed by atoms with Crippen LogP contribution in [0.3, 0.4) is 0 Å². The van der Waals surface area contributed by atoms with Crippen molar-refractivity contribution in [2.24, 2.45) is 0 Å². The molecule has 0 aliphatic carbocycles. The Kier molecular flexibility index (Phi) is 9.06. The molecule has 28 heavy (non-hydrogen) atoms. The number of ether oxygens (including phenoxy) is 2. The zero-order valence-electron chi connectivity index (χ0n) is 17.3. The number of nitrogens with zero attached hydrogens (tertiary/aromatic N) is 1. The molecule has 0 unspecified atom stereocenters. The lowest BCUT2D eigenvalue weighted by molar-refractivity contribution is -0.136.